The molecule has 0 spiro atoms. The van der Waals surface area contributed by atoms with Gasteiger partial charge in [0.25, 0.3) is 5.56 Å². The van der Waals surface area contributed by atoms with Crippen molar-refractivity contribution in [1.29, 1.82) is 0 Å². The summed E-state index contributed by atoms with van der Waals surface area (Å²) in [4.78, 5) is 23.4. The molecule has 0 aliphatic heterocycles. The number of aryl methyl sites for hydroxylation is 2. The van der Waals surface area contributed by atoms with Crippen LogP contribution in [-0.4, -0.2) is 17.0 Å². The standard InChI is InChI=1S/C18H21BrN2O2/c19-16-9-11-18(23)21(14-16)13-5-4-12-20-17(22)10-8-15-6-2-1-3-7-15/h1-3,6-7,9,11,14H,4-5,8,10,12-13H2,(H,20,22). The highest BCUT2D eigenvalue weighted by Crippen LogP contribution is 2.05. The number of benzene rings is 1. The van der Waals surface area contributed by atoms with Gasteiger partial charge in [-0.05, 0) is 46.8 Å². The molecule has 0 unspecified atom stereocenters. The average molecular weight is 377 g/mol. The minimum absolute atomic E-state index is 0.0000895. The summed E-state index contributed by atoms with van der Waals surface area (Å²) < 4.78 is 2.58. The molecule has 0 atom stereocenters. The minimum atomic E-state index is 0.0000895. The maximum absolute atomic E-state index is 11.8. The fourth-order valence-corrected chi connectivity index (χ4v) is 2.68. The molecule has 2 rings (SSSR count). The van der Waals surface area contributed by atoms with Crippen LogP contribution in [-0.2, 0) is 17.8 Å². The van der Waals surface area contributed by atoms with Crippen molar-refractivity contribution >= 4 is 21.8 Å². The van der Waals surface area contributed by atoms with Crippen LogP contribution in [0.2, 0.25) is 0 Å². The first-order valence-electron chi connectivity index (χ1n) is 7.82. The molecule has 2 aromatic rings. The molecule has 0 fully saturated rings. The van der Waals surface area contributed by atoms with Crippen LogP contribution in [0.15, 0.2) is 57.9 Å². The number of hydrogen-bond donors (Lipinski definition) is 1. The fraction of sp³-hybridized carbons (Fsp3) is 0.333. The molecule has 0 saturated carbocycles. The second-order valence-electron chi connectivity index (χ2n) is 5.42. The summed E-state index contributed by atoms with van der Waals surface area (Å²) in [6.07, 6.45) is 4.78. The van der Waals surface area contributed by atoms with Crippen molar-refractivity contribution in [2.24, 2.45) is 0 Å². The van der Waals surface area contributed by atoms with Crippen LogP contribution < -0.4 is 10.9 Å². The van der Waals surface area contributed by atoms with Crippen molar-refractivity contribution in [2.45, 2.75) is 32.2 Å². The van der Waals surface area contributed by atoms with Gasteiger partial charge in [-0.3, -0.25) is 9.59 Å². The van der Waals surface area contributed by atoms with Gasteiger partial charge < -0.3 is 9.88 Å². The summed E-state index contributed by atoms with van der Waals surface area (Å²) in [6.45, 7) is 1.31. The Morgan fingerprint density at radius 3 is 2.65 bits per heavy atom. The monoisotopic (exact) mass is 376 g/mol. The molecule has 0 radical (unpaired) electrons. The van der Waals surface area contributed by atoms with Crippen LogP contribution in [0.4, 0.5) is 0 Å². The highest BCUT2D eigenvalue weighted by molar-refractivity contribution is 9.10. The molecule has 1 aromatic carbocycles. The number of hydrogen-bond acceptors (Lipinski definition) is 2. The predicted molar refractivity (Wildman–Crippen MR) is 95.4 cm³/mol. The van der Waals surface area contributed by atoms with Crippen molar-refractivity contribution < 1.29 is 4.79 Å². The molecule has 4 nitrogen and oxygen atoms in total. The Labute approximate surface area is 144 Å². The van der Waals surface area contributed by atoms with E-state index in [1.807, 2.05) is 30.3 Å². The number of pyridine rings is 1. The van der Waals surface area contributed by atoms with Crippen LogP contribution in [0, 0.1) is 0 Å². The molecule has 1 N–H and O–H groups in total. The molecule has 0 bridgehead atoms. The van der Waals surface area contributed by atoms with Crippen LogP contribution >= 0.6 is 15.9 Å². The number of aromatic nitrogens is 1. The van der Waals surface area contributed by atoms with E-state index in [0.717, 1.165) is 23.7 Å². The van der Waals surface area contributed by atoms with E-state index < -0.39 is 0 Å². The van der Waals surface area contributed by atoms with Gasteiger partial charge in [-0.15, -0.1) is 0 Å². The number of nitrogens with zero attached hydrogens (tertiary/aromatic N) is 1. The second kappa shape index (κ2) is 9.30. The summed E-state index contributed by atoms with van der Waals surface area (Å²) in [5, 5.41) is 2.93. The fourth-order valence-electron chi connectivity index (χ4n) is 2.30. The average Bonchev–Trinajstić information content (AvgIpc) is 2.56. The number of carbonyl (C=O) groups excluding carboxylic acids is 1. The number of unbranched alkanes of at least 4 members (excludes halogenated alkanes) is 1. The van der Waals surface area contributed by atoms with Crippen molar-refractivity contribution in [1.82, 2.24) is 9.88 Å². The van der Waals surface area contributed by atoms with Gasteiger partial charge >= 0.3 is 0 Å². The Bertz CT molecular complexity index is 683. The van der Waals surface area contributed by atoms with Crippen molar-refractivity contribution in [3.63, 3.8) is 0 Å². The van der Waals surface area contributed by atoms with Gasteiger partial charge in [0.2, 0.25) is 5.91 Å². The maximum atomic E-state index is 11.8. The zero-order valence-corrected chi connectivity index (χ0v) is 14.6. The molecular weight excluding hydrogens is 356 g/mol. The smallest absolute Gasteiger partial charge is 0.250 e. The number of rotatable bonds is 8. The lowest BCUT2D eigenvalue weighted by atomic mass is 10.1. The first-order chi connectivity index (χ1) is 11.1. The van der Waals surface area contributed by atoms with Gasteiger partial charge in [0.1, 0.15) is 0 Å². The van der Waals surface area contributed by atoms with Crippen LogP contribution in [0.3, 0.4) is 0 Å². The van der Waals surface area contributed by atoms with Gasteiger partial charge in [-0.2, -0.15) is 0 Å². The molecule has 0 saturated heterocycles. The van der Waals surface area contributed by atoms with Gasteiger partial charge in [-0.1, -0.05) is 30.3 Å². The lowest BCUT2D eigenvalue weighted by molar-refractivity contribution is -0.121. The molecule has 1 aromatic heterocycles. The van der Waals surface area contributed by atoms with Gasteiger partial charge in [0, 0.05) is 36.2 Å². The zero-order valence-electron chi connectivity index (χ0n) is 13.0. The lowest BCUT2D eigenvalue weighted by Gasteiger charge is -2.07. The van der Waals surface area contributed by atoms with E-state index in [1.165, 1.54) is 5.56 Å². The third-order valence-electron chi connectivity index (χ3n) is 3.58. The molecule has 23 heavy (non-hydrogen) atoms. The van der Waals surface area contributed by atoms with E-state index in [2.05, 4.69) is 21.2 Å². The maximum Gasteiger partial charge on any atom is 0.250 e. The van der Waals surface area contributed by atoms with E-state index in [9.17, 15) is 9.59 Å². The molecule has 122 valence electrons. The quantitative estimate of drug-likeness (QED) is 0.719. The summed E-state index contributed by atoms with van der Waals surface area (Å²) >= 11 is 3.36. The first-order valence-corrected chi connectivity index (χ1v) is 8.61. The number of carbonyl (C=O) groups is 1. The lowest BCUT2D eigenvalue weighted by Crippen LogP contribution is -2.25. The Kier molecular flexibility index (Phi) is 7.07. The minimum Gasteiger partial charge on any atom is -0.356 e. The summed E-state index contributed by atoms with van der Waals surface area (Å²) in [5.41, 5.74) is 1.18. The van der Waals surface area contributed by atoms with Gasteiger partial charge in [-0.25, -0.2) is 0 Å². The number of nitrogens with one attached hydrogen (secondary N) is 1. The topological polar surface area (TPSA) is 51.1 Å². The molecule has 1 amide bonds. The Morgan fingerprint density at radius 2 is 1.87 bits per heavy atom. The first kappa shape index (κ1) is 17.5. The normalized spacial score (nSPS) is 10.5. The summed E-state index contributed by atoms with van der Waals surface area (Å²) in [5.74, 6) is 0.0773. The summed E-state index contributed by atoms with van der Waals surface area (Å²) in [7, 11) is 0. The van der Waals surface area contributed by atoms with E-state index in [1.54, 1.807) is 22.9 Å². The highest BCUT2D eigenvalue weighted by Gasteiger charge is 2.02. The molecular formula is C18H21BrN2O2. The Hall–Kier alpha value is -1.88. The van der Waals surface area contributed by atoms with Crippen molar-refractivity contribution in [3.8, 4) is 0 Å². The SMILES string of the molecule is O=C(CCc1ccccc1)NCCCCn1cc(Br)ccc1=O. The third kappa shape index (κ3) is 6.40. The number of amides is 1. The number of halogens is 1. The van der Waals surface area contributed by atoms with Crippen LogP contribution in [0.5, 0.6) is 0 Å². The second-order valence-corrected chi connectivity index (χ2v) is 6.34. The Morgan fingerprint density at radius 1 is 1.09 bits per heavy atom. The predicted octanol–water partition coefficient (Wildman–Crippen LogP) is 3.14. The van der Waals surface area contributed by atoms with Crippen LogP contribution in [0.25, 0.3) is 0 Å². The largest absolute Gasteiger partial charge is 0.356 e. The highest BCUT2D eigenvalue weighted by atomic mass is 79.9. The van der Waals surface area contributed by atoms with E-state index in [4.69, 9.17) is 0 Å². The van der Waals surface area contributed by atoms with Crippen LogP contribution in [0.1, 0.15) is 24.8 Å². The van der Waals surface area contributed by atoms with E-state index >= 15 is 0 Å². The van der Waals surface area contributed by atoms with Crippen molar-refractivity contribution in [3.05, 3.63) is 69.1 Å². The molecule has 5 heteroatoms. The van der Waals surface area contributed by atoms with E-state index in [-0.39, 0.29) is 11.5 Å². The Balaban J connectivity index is 1.61. The molecule has 1 heterocycles. The summed E-state index contributed by atoms with van der Waals surface area (Å²) in [6, 6.07) is 13.3. The molecule has 0 aliphatic rings. The van der Waals surface area contributed by atoms with Crippen molar-refractivity contribution in [2.75, 3.05) is 6.54 Å². The van der Waals surface area contributed by atoms with E-state index in [0.29, 0.717) is 19.5 Å². The van der Waals surface area contributed by atoms with Gasteiger partial charge in [0.15, 0.2) is 0 Å². The zero-order chi connectivity index (χ0) is 16.5. The third-order valence-corrected chi connectivity index (χ3v) is 4.05. The molecule has 0 aliphatic carbocycles. The van der Waals surface area contributed by atoms with Gasteiger partial charge in [0.05, 0.1) is 0 Å².